The molecule has 0 aliphatic rings. The topological polar surface area (TPSA) is 55.9 Å². The van der Waals surface area contributed by atoms with Crippen molar-refractivity contribution in [2.75, 3.05) is 0 Å². The van der Waals surface area contributed by atoms with Crippen LogP contribution in [0.25, 0.3) is 10.9 Å². The molecule has 6 heteroatoms. The first-order valence-electron chi connectivity index (χ1n) is 6.29. The maximum atomic E-state index is 5.72. The second kappa shape index (κ2) is 5.65. The molecule has 4 nitrogen and oxygen atoms in total. The van der Waals surface area contributed by atoms with Crippen LogP contribution in [0.1, 0.15) is 16.6 Å². The Hall–Kier alpha value is -1.21. The first kappa shape index (κ1) is 13.8. The van der Waals surface area contributed by atoms with Crippen LogP contribution in [0.5, 0.6) is 0 Å². The number of hydrazine groups is 1. The summed E-state index contributed by atoms with van der Waals surface area (Å²) in [5.41, 5.74) is 5.10. The van der Waals surface area contributed by atoms with Gasteiger partial charge in [-0.3, -0.25) is 16.0 Å². The number of benzene rings is 1. The van der Waals surface area contributed by atoms with Crippen molar-refractivity contribution in [1.82, 2.24) is 15.2 Å². The van der Waals surface area contributed by atoms with Crippen LogP contribution in [0.15, 0.2) is 40.2 Å². The van der Waals surface area contributed by atoms with Gasteiger partial charge in [0.1, 0.15) is 0 Å². The Morgan fingerprint density at radius 3 is 2.95 bits per heavy atom. The fourth-order valence-corrected chi connectivity index (χ4v) is 3.89. The molecule has 0 saturated carbocycles. The molecule has 1 unspecified atom stereocenters. The van der Waals surface area contributed by atoms with Gasteiger partial charge in [0.15, 0.2) is 0 Å². The predicted octanol–water partition coefficient (Wildman–Crippen LogP) is 3.14. The second-order valence-corrected chi connectivity index (χ2v) is 6.54. The molecule has 0 spiro atoms. The van der Waals surface area contributed by atoms with Crippen LogP contribution in [0.3, 0.4) is 0 Å². The molecule has 2 heterocycles. The number of thiophene rings is 1. The minimum absolute atomic E-state index is 0.0737. The third-order valence-corrected chi connectivity index (χ3v) is 5.17. The number of aryl methyl sites for hydroxylation is 1. The van der Waals surface area contributed by atoms with E-state index in [1.165, 1.54) is 10.3 Å². The summed E-state index contributed by atoms with van der Waals surface area (Å²) in [4.78, 5) is 1.20. The Balaban J connectivity index is 1.95. The molecule has 20 heavy (non-hydrogen) atoms. The summed E-state index contributed by atoms with van der Waals surface area (Å²) in [6.07, 6.45) is 0.769. The Morgan fingerprint density at radius 1 is 1.45 bits per heavy atom. The highest BCUT2D eigenvalue weighted by atomic mass is 79.9. The highest BCUT2D eigenvalue weighted by Gasteiger charge is 2.17. The number of para-hydroxylation sites is 1. The van der Waals surface area contributed by atoms with Crippen LogP contribution in [-0.2, 0) is 13.5 Å². The van der Waals surface area contributed by atoms with Crippen molar-refractivity contribution in [3.05, 3.63) is 50.8 Å². The molecule has 0 aliphatic carbocycles. The van der Waals surface area contributed by atoms with Crippen molar-refractivity contribution in [3.63, 3.8) is 0 Å². The number of hydrogen-bond acceptors (Lipinski definition) is 4. The van der Waals surface area contributed by atoms with E-state index in [0.717, 1.165) is 22.1 Å². The summed E-state index contributed by atoms with van der Waals surface area (Å²) in [5.74, 6) is 5.72. The highest BCUT2D eigenvalue weighted by Crippen LogP contribution is 2.29. The lowest BCUT2D eigenvalue weighted by Gasteiger charge is -2.12. The molecule has 3 rings (SSSR count). The molecule has 0 aliphatic heterocycles. The summed E-state index contributed by atoms with van der Waals surface area (Å²) >= 11 is 5.17. The zero-order chi connectivity index (χ0) is 14.1. The molecule has 2 aromatic heterocycles. The predicted molar refractivity (Wildman–Crippen MR) is 86.5 cm³/mol. The number of aromatic nitrogens is 2. The van der Waals surface area contributed by atoms with Gasteiger partial charge < -0.3 is 0 Å². The highest BCUT2D eigenvalue weighted by molar-refractivity contribution is 9.10. The van der Waals surface area contributed by atoms with Crippen molar-refractivity contribution >= 4 is 38.2 Å². The number of fused-ring (bicyclic) bond motifs is 1. The van der Waals surface area contributed by atoms with E-state index < -0.39 is 0 Å². The van der Waals surface area contributed by atoms with E-state index in [9.17, 15) is 0 Å². The van der Waals surface area contributed by atoms with Gasteiger partial charge in [0.05, 0.1) is 17.3 Å². The number of halogens is 1. The maximum Gasteiger partial charge on any atom is 0.0723 e. The lowest BCUT2D eigenvalue weighted by molar-refractivity contribution is 0.551. The molecule has 0 bridgehead atoms. The van der Waals surface area contributed by atoms with Gasteiger partial charge in [-0.25, -0.2) is 0 Å². The first-order valence-corrected chi connectivity index (χ1v) is 7.97. The number of rotatable bonds is 4. The number of nitrogens with two attached hydrogens (primary N) is 1. The lowest BCUT2D eigenvalue weighted by atomic mass is 10.1. The molecular weight excluding hydrogens is 336 g/mol. The van der Waals surface area contributed by atoms with E-state index in [1.807, 2.05) is 23.9 Å². The maximum absolute atomic E-state index is 5.72. The van der Waals surface area contributed by atoms with E-state index in [4.69, 9.17) is 5.84 Å². The van der Waals surface area contributed by atoms with E-state index >= 15 is 0 Å². The summed E-state index contributed by atoms with van der Waals surface area (Å²) in [6.45, 7) is 0. The summed E-state index contributed by atoms with van der Waals surface area (Å²) in [5, 5.41) is 7.88. The van der Waals surface area contributed by atoms with Gasteiger partial charge in [-0.1, -0.05) is 18.2 Å². The Morgan fingerprint density at radius 2 is 2.25 bits per heavy atom. The van der Waals surface area contributed by atoms with Crippen LogP contribution in [0.2, 0.25) is 0 Å². The van der Waals surface area contributed by atoms with Crippen molar-refractivity contribution < 1.29 is 0 Å². The van der Waals surface area contributed by atoms with Gasteiger partial charge >= 0.3 is 0 Å². The smallest absolute Gasteiger partial charge is 0.0723 e. The quantitative estimate of drug-likeness (QED) is 0.561. The SMILES string of the molecule is Cn1nc(CC(NN)c2cc(Br)cs2)c2ccccc21. The number of nitrogens with zero attached hydrogens (tertiary/aromatic N) is 2. The van der Waals surface area contributed by atoms with Crippen molar-refractivity contribution in [2.45, 2.75) is 12.5 Å². The summed E-state index contributed by atoms with van der Waals surface area (Å²) in [7, 11) is 1.97. The van der Waals surface area contributed by atoms with Crippen molar-refractivity contribution in [1.29, 1.82) is 0 Å². The zero-order valence-corrected chi connectivity index (χ0v) is 13.4. The second-order valence-electron chi connectivity index (χ2n) is 4.68. The van der Waals surface area contributed by atoms with E-state index in [-0.39, 0.29) is 6.04 Å². The molecular formula is C14H15BrN4S. The number of hydrogen-bond donors (Lipinski definition) is 2. The molecule has 0 radical (unpaired) electrons. The number of nitrogens with one attached hydrogen (secondary N) is 1. The van der Waals surface area contributed by atoms with Gasteiger partial charge in [0.2, 0.25) is 0 Å². The lowest BCUT2D eigenvalue weighted by Crippen LogP contribution is -2.29. The monoisotopic (exact) mass is 350 g/mol. The van der Waals surface area contributed by atoms with Crippen LogP contribution in [0.4, 0.5) is 0 Å². The minimum atomic E-state index is 0.0737. The molecule has 0 amide bonds. The third-order valence-electron chi connectivity index (χ3n) is 3.36. The minimum Gasteiger partial charge on any atom is -0.271 e. The molecule has 0 saturated heterocycles. The van der Waals surface area contributed by atoms with Gasteiger partial charge in [-0.05, 0) is 28.1 Å². The standard InChI is InChI=1S/C14H15BrN4S/c1-19-13-5-3-2-4-10(13)11(18-19)7-12(17-16)14-6-9(15)8-20-14/h2-6,8,12,17H,7,16H2,1H3. The Labute approximate surface area is 129 Å². The molecule has 1 aromatic carbocycles. The summed E-state index contributed by atoms with van der Waals surface area (Å²) in [6, 6.07) is 10.4. The summed E-state index contributed by atoms with van der Waals surface area (Å²) < 4.78 is 3.01. The molecule has 1 atom stereocenters. The average Bonchev–Trinajstić information content (AvgIpc) is 3.01. The van der Waals surface area contributed by atoms with Gasteiger partial charge in [-0.15, -0.1) is 11.3 Å². The van der Waals surface area contributed by atoms with Gasteiger partial charge in [-0.2, -0.15) is 5.10 Å². The zero-order valence-electron chi connectivity index (χ0n) is 11.0. The van der Waals surface area contributed by atoms with Crippen molar-refractivity contribution in [2.24, 2.45) is 12.9 Å². The van der Waals surface area contributed by atoms with E-state index in [0.29, 0.717) is 0 Å². The fraction of sp³-hybridized carbons (Fsp3) is 0.214. The van der Waals surface area contributed by atoms with Crippen LogP contribution < -0.4 is 11.3 Å². The normalized spacial score (nSPS) is 12.9. The van der Waals surface area contributed by atoms with E-state index in [1.54, 1.807) is 11.3 Å². The fourth-order valence-electron chi connectivity index (χ4n) is 2.39. The van der Waals surface area contributed by atoms with Crippen LogP contribution in [0, 0.1) is 0 Å². The Bertz CT molecular complexity index is 734. The third kappa shape index (κ3) is 2.52. The molecule has 3 N–H and O–H groups in total. The van der Waals surface area contributed by atoms with E-state index in [2.05, 4.69) is 50.0 Å². The largest absolute Gasteiger partial charge is 0.271 e. The van der Waals surface area contributed by atoms with Gasteiger partial charge in [0, 0.05) is 33.6 Å². The Kier molecular flexibility index (Phi) is 3.89. The molecule has 3 aromatic rings. The molecule has 104 valence electrons. The molecule has 0 fully saturated rings. The van der Waals surface area contributed by atoms with Crippen LogP contribution in [-0.4, -0.2) is 9.78 Å². The average molecular weight is 351 g/mol. The first-order chi connectivity index (χ1) is 9.69. The van der Waals surface area contributed by atoms with Crippen molar-refractivity contribution in [3.8, 4) is 0 Å². The van der Waals surface area contributed by atoms with Gasteiger partial charge in [0.25, 0.3) is 0 Å². The van der Waals surface area contributed by atoms with Crippen LogP contribution >= 0.6 is 27.3 Å².